The van der Waals surface area contributed by atoms with E-state index in [0.717, 1.165) is 30.9 Å². The first kappa shape index (κ1) is 13.7. The summed E-state index contributed by atoms with van der Waals surface area (Å²) in [5.41, 5.74) is 0. The van der Waals surface area contributed by atoms with Crippen LogP contribution in [0, 0.1) is 5.92 Å². The lowest BCUT2D eigenvalue weighted by Gasteiger charge is -2.30. The molecule has 0 aliphatic carbocycles. The van der Waals surface area contributed by atoms with Crippen LogP contribution in [0.15, 0.2) is 18.5 Å². The first-order valence-electron chi connectivity index (χ1n) is 6.73. The van der Waals surface area contributed by atoms with Gasteiger partial charge in [-0.1, -0.05) is 13.8 Å². The van der Waals surface area contributed by atoms with Crippen LogP contribution in [0.3, 0.4) is 0 Å². The second-order valence-corrected chi connectivity index (χ2v) is 7.06. The van der Waals surface area contributed by atoms with Gasteiger partial charge in [0.25, 0.3) is 0 Å². The van der Waals surface area contributed by atoms with Gasteiger partial charge in [0, 0.05) is 46.8 Å². The largest absolute Gasteiger partial charge is 0.309 e. The van der Waals surface area contributed by atoms with E-state index in [1.54, 1.807) is 0 Å². The second-order valence-electron chi connectivity index (χ2n) is 5.37. The van der Waals surface area contributed by atoms with Gasteiger partial charge in [-0.25, -0.2) is 0 Å². The molecule has 0 aromatic carbocycles. The van der Waals surface area contributed by atoms with Gasteiger partial charge in [-0.05, 0) is 24.8 Å². The van der Waals surface area contributed by atoms with Crippen molar-refractivity contribution in [2.75, 3.05) is 11.5 Å². The van der Waals surface area contributed by atoms with Crippen molar-refractivity contribution in [3.05, 3.63) is 18.5 Å². The highest BCUT2D eigenvalue weighted by Gasteiger charge is 2.22. The molecule has 0 amide bonds. The molecular weight excluding hydrogens is 246 g/mol. The first-order chi connectivity index (χ1) is 8.65. The van der Waals surface area contributed by atoms with E-state index in [0.29, 0.717) is 18.0 Å². The van der Waals surface area contributed by atoms with Crippen molar-refractivity contribution in [3.8, 4) is 0 Å². The lowest BCUT2D eigenvalue weighted by molar-refractivity contribution is 0.298. The van der Waals surface area contributed by atoms with Crippen LogP contribution in [0.5, 0.6) is 0 Å². The first-order valence-corrected chi connectivity index (χ1v) is 8.22. The van der Waals surface area contributed by atoms with Crippen LogP contribution in [0.4, 0.5) is 0 Å². The van der Waals surface area contributed by atoms with Crippen molar-refractivity contribution < 1.29 is 4.21 Å². The average molecular weight is 269 g/mol. The zero-order valence-electron chi connectivity index (χ0n) is 11.2. The van der Waals surface area contributed by atoms with E-state index in [2.05, 4.69) is 24.3 Å². The number of nitrogens with zero attached hydrogens (tertiary/aromatic N) is 2. The highest BCUT2D eigenvalue weighted by atomic mass is 32.2. The Hall–Kier alpha value is -0.680. The average Bonchev–Trinajstić information content (AvgIpc) is 2.84. The Labute approximate surface area is 112 Å². The minimum Gasteiger partial charge on any atom is -0.309 e. The van der Waals surface area contributed by atoms with E-state index in [9.17, 15) is 4.21 Å². The monoisotopic (exact) mass is 269 g/mol. The van der Waals surface area contributed by atoms with E-state index in [1.807, 2.05) is 23.1 Å². The van der Waals surface area contributed by atoms with E-state index in [1.165, 1.54) is 0 Å². The molecule has 1 atom stereocenters. The predicted molar refractivity (Wildman–Crippen MR) is 74.9 cm³/mol. The minimum absolute atomic E-state index is 0.432. The maximum absolute atomic E-state index is 11.4. The molecule has 18 heavy (non-hydrogen) atoms. The zero-order chi connectivity index (χ0) is 13.0. The quantitative estimate of drug-likeness (QED) is 0.879. The van der Waals surface area contributed by atoms with Gasteiger partial charge >= 0.3 is 0 Å². The number of aromatic nitrogens is 2. The Balaban J connectivity index is 1.88. The van der Waals surface area contributed by atoms with Crippen molar-refractivity contribution in [2.45, 2.75) is 45.3 Å². The molecule has 1 aliphatic rings. The van der Waals surface area contributed by atoms with Crippen LogP contribution in [0.2, 0.25) is 0 Å². The third-order valence-electron chi connectivity index (χ3n) is 3.59. The van der Waals surface area contributed by atoms with Crippen molar-refractivity contribution in [1.82, 2.24) is 15.1 Å². The Kier molecular flexibility index (Phi) is 4.95. The molecule has 1 unspecified atom stereocenters. The molecule has 1 aromatic rings. The van der Waals surface area contributed by atoms with E-state index in [4.69, 9.17) is 0 Å². The molecule has 1 N–H and O–H groups in total. The van der Waals surface area contributed by atoms with Gasteiger partial charge < -0.3 is 5.32 Å². The topological polar surface area (TPSA) is 46.9 Å². The molecule has 2 rings (SSSR count). The summed E-state index contributed by atoms with van der Waals surface area (Å²) in [5, 5.41) is 7.99. The van der Waals surface area contributed by atoms with Gasteiger partial charge in [-0.2, -0.15) is 5.10 Å². The third kappa shape index (κ3) is 3.92. The maximum atomic E-state index is 11.4. The fourth-order valence-electron chi connectivity index (χ4n) is 2.33. The number of nitrogens with one attached hydrogen (secondary N) is 1. The molecule has 0 bridgehead atoms. The van der Waals surface area contributed by atoms with Crippen LogP contribution in [-0.4, -0.2) is 37.6 Å². The van der Waals surface area contributed by atoms with Crippen molar-refractivity contribution in [2.24, 2.45) is 5.92 Å². The molecule has 1 saturated heterocycles. The van der Waals surface area contributed by atoms with Crippen LogP contribution in [0.25, 0.3) is 0 Å². The normalized spacial score (nSPS) is 26.4. The van der Waals surface area contributed by atoms with E-state index >= 15 is 0 Å². The number of hydrogen-bond donors (Lipinski definition) is 1. The molecule has 1 aliphatic heterocycles. The van der Waals surface area contributed by atoms with Crippen LogP contribution >= 0.6 is 0 Å². The summed E-state index contributed by atoms with van der Waals surface area (Å²) in [6.07, 6.45) is 5.90. The molecule has 0 spiro atoms. The summed E-state index contributed by atoms with van der Waals surface area (Å²) < 4.78 is 13.3. The second kappa shape index (κ2) is 6.48. The summed E-state index contributed by atoms with van der Waals surface area (Å²) in [6.45, 7) is 5.38. The van der Waals surface area contributed by atoms with Gasteiger partial charge in [0.1, 0.15) is 0 Å². The Morgan fingerprint density at radius 3 is 2.72 bits per heavy atom. The Morgan fingerprint density at radius 1 is 1.44 bits per heavy atom. The molecule has 1 fully saturated rings. The fourth-order valence-corrected chi connectivity index (χ4v) is 3.63. The smallest absolute Gasteiger partial charge is 0.0565 e. The minimum atomic E-state index is -0.575. The molecule has 0 saturated carbocycles. The molecule has 5 heteroatoms. The summed E-state index contributed by atoms with van der Waals surface area (Å²) in [4.78, 5) is 0. The SMILES string of the molecule is CC(C)C(Cn1cccn1)NC1CCS(=O)CC1. The Bertz CT molecular complexity index is 368. The number of hydrogen-bond acceptors (Lipinski definition) is 3. The van der Waals surface area contributed by atoms with Gasteiger partial charge in [0.2, 0.25) is 0 Å². The van der Waals surface area contributed by atoms with Gasteiger partial charge in [0.15, 0.2) is 0 Å². The van der Waals surface area contributed by atoms with Crippen molar-refractivity contribution >= 4 is 10.8 Å². The highest BCUT2D eigenvalue weighted by Crippen LogP contribution is 2.13. The molecular formula is C13H23N3OS. The van der Waals surface area contributed by atoms with E-state index < -0.39 is 10.8 Å². The van der Waals surface area contributed by atoms with Crippen molar-refractivity contribution in [1.29, 1.82) is 0 Å². The summed E-state index contributed by atoms with van der Waals surface area (Å²) in [7, 11) is -0.575. The molecule has 4 nitrogen and oxygen atoms in total. The van der Waals surface area contributed by atoms with Crippen LogP contribution < -0.4 is 5.32 Å². The summed E-state index contributed by atoms with van der Waals surface area (Å²) in [6, 6.07) is 2.91. The summed E-state index contributed by atoms with van der Waals surface area (Å²) in [5.74, 6) is 2.27. The number of rotatable bonds is 5. The van der Waals surface area contributed by atoms with Crippen LogP contribution in [0.1, 0.15) is 26.7 Å². The standard InChI is InChI=1S/C13H23N3OS/c1-11(2)13(10-16-7-3-6-14-16)15-12-4-8-18(17)9-5-12/h3,6-7,11-13,15H,4-5,8-10H2,1-2H3. The van der Waals surface area contributed by atoms with E-state index in [-0.39, 0.29) is 0 Å². The van der Waals surface area contributed by atoms with Gasteiger partial charge in [-0.15, -0.1) is 0 Å². The Morgan fingerprint density at radius 2 is 2.17 bits per heavy atom. The highest BCUT2D eigenvalue weighted by molar-refractivity contribution is 7.85. The summed E-state index contributed by atoms with van der Waals surface area (Å²) >= 11 is 0. The van der Waals surface area contributed by atoms with Crippen LogP contribution in [-0.2, 0) is 17.3 Å². The third-order valence-corrected chi connectivity index (χ3v) is 4.97. The molecule has 2 heterocycles. The molecule has 102 valence electrons. The maximum Gasteiger partial charge on any atom is 0.0565 e. The van der Waals surface area contributed by atoms with Crippen molar-refractivity contribution in [3.63, 3.8) is 0 Å². The van der Waals surface area contributed by atoms with Gasteiger partial charge in [0.05, 0.1) is 6.54 Å². The molecule has 0 radical (unpaired) electrons. The lowest BCUT2D eigenvalue weighted by atomic mass is 10.0. The lowest BCUT2D eigenvalue weighted by Crippen LogP contribution is -2.46. The molecule has 1 aromatic heterocycles. The van der Waals surface area contributed by atoms with Gasteiger partial charge in [-0.3, -0.25) is 8.89 Å². The predicted octanol–water partition coefficient (Wildman–Crippen LogP) is 1.41. The fraction of sp³-hybridized carbons (Fsp3) is 0.769. The zero-order valence-corrected chi connectivity index (χ0v) is 12.0.